The lowest BCUT2D eigenvalue weighted by atomic mass is 10.1. The average molecular weight is 353 g/mol. The molecule has 2 aromatic carbocycles. The van der Waals surface area contributed by atoms with Gasteiger partial charge in [-0.3, -0.25) is 10.1 Å². The second-order valence-corrected chi connectivity index (χ2v) is 6.29. The fraction of sp³-hybridized carbons (Fsp3) is 0.158. The van der Waals surface area contributed by atoms with Crippen molar-refractivity contribution in [2.45, 2.75) is 12.6 Å². The lowest BCUT2D eigenvalue weighted by Crippen LogP contribution is -2.32. The molecule has 3 aromatic rings. The van der Waals surface area contributed by atoms with Crippen LogP contribution in [0.15, 0.2) is 66.2 Å². The number of methoxy groups -OCH3 is 1. The Morgan fingerprint density at radius 3 is 2.56 bits per heavy atom. The van der Waals surface area contributed by atoms with Crippen molar-refractivity contribution in [1.29, 1.82) is 0 Å². The number of rotatable bonds is 7. The van der Waals surface area contributed by atoms with Gasteiger partial charge < -0.3 is 10.1 Å². The van der Waals surface area contributed by atoms with Crippen molar-refractivity contribution in [3.8, 4) is 5.75 Å². The molecule has 1 atom stereocenters. The maximum atomic E-state index is 12.7. The maximum Gasteiger partial charge on any atom is 0.247 e. The van der Waals surface area contributed by atoms with Crippen molar-refractivity contribution in [2.75, 3.05) is 12.4 Å². The normalized spacial score (nSPS) is 11.7. The molecule has 0 aliphatic rings. The standard InChI is InChI=1S/C19H19N3O2S/c1-24-16-9-7-14(8-10-16)13-21-17(15-5-3-2-4-6-15)18(23)22-19-20-11-12-25-19/h2-12,17,21H,13H2,1H3,(H,20,22,23)/t17-/m0/s1. The molecule has 0 aliphatic heterocycles. The number of nitrogens with one attached hydrogen (secondary N) is 2. The lowest BCUT2D eigenvalue weighted by molar-refractivity contribution is -0.118. The summed E-state index contributed by atoms with van der Waals surface area (Å²) in [7, 11) is 1.64. The molecule has 25 heavy (non-hydrogen) atoms. The van der Waals surface area contributed by atoms with Gasteiger partial charge in [0.2, 0.25) is 5.91 Å². The molecule has 1 aromatic heterocycles. The van der Waals surface area contributed by atoms with Crippen LogP contribution in [-0.4, -0.2) is 18.0 Å². The Morgan fingerprint density at radius 2 is 1.92 bits per heavy atom. The van der Waals surface area contributed by atoms with E-state index in [4.69, 9.17) is 4.74 Å². The van der Waals surface area contributed by atoms with Gasteiger partial charge in [-0.2, -0.15) is 0 Å². The van der Waals surface area contributed by atoms with Crippen molar-refractivity contribution in [3.05, 3.63) is 77.3 Å². The second-order valence-electron chi connectivity index (χ2n) is 5.40. The Kier molecular flexibility index (Phi) is 5.77. The predicted molar refractivity (Wildman–Crippen MR) is 99.8 cm³/mol. The van der Waals surface area contributed by atoms with Crippen LogP contribution in [0.2, 0.25) is 0 Å². The van der Waals surface area contributed by atoms with E-state index in [9.17, 15) is 4.79 Å². The van der Waals surface area contributed by atoms with Crippen LogP contribution in [0.3, 0.4) is 0 Å². The van der Waals surface area contributed by atoms with E-state index in [0.29, 0.717) is 11.7 Å². The van der Waals surface area contributed by atoms with E-state index >= 15 is 0 Å². The molecule has 3 rings (SSSR count). The Balaban J connectivity index is 1.72. The van der Waals surface area contributed by atoms with Crippen molar-refractivity contribution < 1.29 is 9.53 Å². The molecule has 0 saturated heterocycles. The summed E-state index contributed by atoms with van der Waals surface area (Å²) in [5.41, 5.74) is 1.98. The number of nitrogens with zero attached hydrogens (tertiary/aromatic N) is 1. The zero-order valence-corrected chi connectivity index (χ0v) is 14.6. The molecule has 1 heterocycles. The number of carbonyl (C=O) groups is 1. The van der Waals surface area contributed by atoms with Crippen molar-refractivity contribution >= 4 is 22.4 Å². The molecule has 0 unspecified atom stereocenters. The number of hydrogen-bond acceptors (Lipinski definition) is 5. The summed E-state index contributed by atoms with van der Waals surface area (Å²) in [6, 6.07) is 17.0. The molecule has 6 heteroatoms. The summed E-state index contributed by atoms with van der Waals surface area (Å²) in [5, 5.41) is 8.61. The van der Waals surface area contributed by atoms with Crippen molar-refractivity contribution in [1.82, 2.24) is 10.3 Å². The minimum atomic E-state index is -0.466. The number of benzene rings is 2. The Bertz CT molecular complexity index is 789. The van der Waals surface area contributed by atoms with Gasteiger partial charge >= 0.3 is 0 Å². The smallest absolute Gasteiger partial charge is 0.247 e. The third kappa shape index (κ3) is 4.65. The van der Waals surface area contributed by atoms with Crippen LogP contribution in [0, 0.1) is 0 Å². The summed E-state index contributed by atoms with van der Waals surface area (Å²) in [6.45, 7) is 0.564. The molecule has 0 spiro atoms. The van der Waals surface area contributed by atoms with E-state index < -0.39 is 6.04 Å². The fourth-order valence-electron chi connectivity index (χ4n) is 2.43. The minimum Gasteiger partial charge on any atom is -0.497 e. The topological polar surface area (TPSA) is 63.2 Å². The highest BCUT2D eigenvalue weighted by Crippen LogP contribution is 2.19. The minimum absolute atomic E-state index is 0.130. The highest BCUT2D eigenvalue weighted by Gasteiger charge is 2.20. The highest BCUT2D eigenvalue weighted by atomic mass is 32.1. The number of amides is 1. The van der Waals surface area contributed by atoms with Crippen LogP contribution in [0.1, 0.15) is 17.2 Å². The van der Waals surface area contributed by atoms with Gasteiger partial charge in [0.25, 0.3) is 0 Å². The third-order valence-electron chi connectivity index (χ3n) is 3.73. The van der Waals surface area contributed by atoms with Crippen LogP contribution in [0.4, 0.5) is 5.13 Å². The molecular formula is C19H19N3O2S. The first kappa shape index (κ1) is 17.1. The number of hydrogen-bond donors (Lipinski definition) is 2. The molecular weight excluding hydrogens is 334 g/mol. The van der Waals surface area contributed by atoms with Crippen LogP contribution in [0.25, 0.3) is 0 Å². The number of anilines is 1. The Morgan fingerprint density at radius 1 is 1.16 bits per heavy atom. The van der Waals surface area contributed by atoms with Crippen LogP contribution >= 0.6 is 11.3 Å². The first-order valence-corrected chi connectivity index (χ1v) is 8.76. The number of carbonyl (C=O) groups excluding carboxylic acids is 1. The highest BCUT2D eigenvalue weighted by molar-refractivity contribution is 7.13. The predicted octanol–water partition coefficient (Wildman–Crippen LogP) is 3.62. The van der Waals surface area contributed by atoms with Crippen molar-refractivity contribution in [3.63, 3.8) is 0 Å². The largest absolute Gasteiger partial charge is 0.497 e. The average Bonchev–Trinajstić information content (AvgIpc) is 3.16. The molecule has 0 bridgehead atoms. The molecule has 1 amide bonds. The maximum absolute atomic E-state index is 12.7. The SMILES string of the molecule is COc1ccc(CN[C@H](C(=O)Nc2nccs2)c2ccccc2)cc1. The van der Waals surface area contributed by atoms with Gasteiger partial charge in [-0.05, 0) is 23.3 Å². The van der Waals surface area contributed by atoms with E-state index in [1.165, 1.54) is 11.3 Å². The van der Waals surface area contributed by atoms with E-state index in [0.717, 1.165) is 16.9 Å². The Hall–Kier alpha value is -2.70. The first-order valence-electron chi connectivity index (χ1n) is 7.88. The van der Waals surface area contributed by atoms with E-state index in [1.807, 2.05) is 60.0 Å². The van der Waals surface area contributed by atoms with E-state index in [2.05, 4.69) is 15.6 Å². The molecule has 128 valence electrons. The third-order valence-corrected chi connectivity index (χ3v) is 4.42. The summed E-state index contributed by atoms with van der Waals surface area (Å²) < 4.78 is 5.17. The number of aromatic nitrogens is 1. The number of ether oxygens (including phenoxy) is 1. The zero-order valence-electron chi connectivity index (χ0n) is 13.8. The van der Waals surface area contributed by atoms with Gasteiger partial charge in [-0.1, -0.05) is 42.5 Å². The quantitative estimate of drug-likeness (QED) is 0.681. The molecule has 0 saturated carbocycles. The second kappa shape index (κ2) is 8.41. The summed E-state index contributed by atoms with van der Waals surface area (Å²) in [6.07, 6.45) is 1.67. The number of thiazole rings is 1. The molecule has 5 nitrogen and oxygen atoms in total. The zero-order chi connectivity index (χ0) is 17.5. The van der Waals surface area contributed by atoms with Gasteiger partial charge in [0.05, 0.1) is 7.11 Å². The molecule has 0 aliphatic carbocycles. The van der Waals surface area contributed by atoms with E-state index in [1.54, 1.807) is 13.3 Å². The van der Waals surface area contributed by atoms with Gasteiger partial charge in [0, 0.05) is 18.1 Å². The summed E-state index contributed by atoms with van der Waals surface area (Å²) in [4.78, 5) is 16.8. The van der Waals surface area contributed by atoms with Gasteiger partial charge in [0.1, 0.15) is 11.8 Å². The van der Waals surface area contributed by atoms with Crippen LogP contribution < -0.4 is 15.4 Å². The fourth-order valence-corrected chi connectivity index (χ4v) is 2.97. The van der Waals surface area contributed by atoms with E-state index in [-0.39, 0.29) is 5.91 Å². The van der Waals surface area contributed by atoms with Crippen LogP contribution in [-0.2, 0) is 11.3 Å². The first-order chi connectivity index (χ1) is 12.3. The van der Waals surface area contributed by atoms with Gasteiger partial charge in [-0.25, -0.2) is 4.98 Å². The van der Waals surface area contributed by atoms with Gasteiger partial charge in [0.15, 0.2) is 5.13 Å². The Labute approximate surface area is 150 Å². The van der Waals surface area contributed by atoms with Crippen molar-refractivity contribution in [2.24, 2.45) is 0 Å². The van der Waals surface area contributed by atoms with Crippen LogP contribution in [0.5, 0.6) is 5.75 Å². The summed E-state index contributed by atoms with van der Waals surface area (Å²) in [5.74, 6) is 0.680. The van der Waals surface area contributed by atoms with Gasteiger partial charge in [-0.15, -0.1) is 11.3 Å². The lowest BCUT2D eigenvalue weighted by Gasteiger charge is -2.18. The molecule has 0 fully saturated rings. The monoisotopic (exact) mass is 353 g/mol. The molecule has 2 N–H and O–H groups in total. The molecule has 0 radical (unpaired) electrons. The summed E-state index contributed by atoms with van der Waals surface area (Å²) >= 11 is 1.40.